The minimum atomic E-state index is -0.364. The van der Waals surface area contributed by atoms with Crippen molar-refractivity contribution in [3.8, 4) is 0 Å². The molecule has 0 aliphatic rings. The van der Waals surface area contributed by atoms with Crippen LogP contribution >= 0.6 is 23.8 Å². The maximum absolute atomic E-state index is 11.7. The van der Waals surface area contributed by atoms with Gasteiger partial charge >= 0.3 is 0 Å². The molecule has 0 unspecified atom stereocenters. The molecule has 0 fully saturated rings. The van der Waals surface area contributed by atoms with E-state index in [1.807, 2.05) is 0 Å². The first-order valence-corrected chi connectivity index (χ1v) is 6.71. The molecule has 1 aromatic heterocycles. The van der Waals surface area contributed by atoms with Crippen LogP contribution in [-0.2, 0) is 11.2 Å². The standard InChI is InChI=1S/C13H11ClN4O2S/c14-9-3-1-8(2-4-9)7-15-18-12(20)6-10-5-11(19)17-13(21)16-10/h1-5,7H,6H2,(H,18,20)(H2,16,17,19,21)/b15-7-. The number of halogens is 1. The summed E-state index contributed by atoms with van der Waals surface area (Å²) in [5.41, 5.74) is 3.23. The molecule has 1 heterocycles. The highest BCUT2D eigenvalue weighted by Crippen LogP contribution is 2.07. The van der Waals surface area contributed by atoms with Gasteiger partial charge in [-0.25, -0.2) is 5.43 Å². The fraction of sp³-hybridized carbons (Fsp3) is 0.0769. The van der Waals surface area contributed by atoms with Crippen molar-refractivity contribution in [2.24, 2.45) is 5.10 Å². The topological polar surface area (TPSA) is 90.1 Å². The Balaban J connectivity index is 1.94. The Labute approximate surface area is 129 Å². The van der Waals surface area contributed by atoms with Crippen LogP contribution in [0.2, 0.25) is 5.02 Å². The average Bonchev–Trinajstić information content (AvgIpc) is 2.39. The van der Waals surface area contributed by atoms with E-state index in [0.717, 1.165) is 5.56 Å². The fourth-order valence-electron chi connectivity index (χ4n) is 1.55. The summed E-state index contributed by atoms with van der Waals surface area (Å²) in [4.78, 5) is 28.0. The maximum atomic E-state index is 11.7. The summed E-state index contributed by atoms with van der Waals surface area (Å²) in [7, 11) is 0. The number of aromatic amines is 2. The third-order valence-corrected chi connectivity index (χ3v) is 2.90. The predicted molar refractivity (Wildman–Crippen MR) is 83.1 cm³/mol. The number of hydrazone groups is 1. The van der Waals surface area contributed by atoms with E-state index >= 15 is 0 Å². The molecule has 21 heavy (non-hydrogen) atoms. The Hall–Kier alpha value is -2.25. The Morgan fingerprint density at radius 1 is 1.33 bits per heavy atom. The summed E-state index contributed by atoms with van der Waals surface area (Å²) in [6, 6.07) is 8.26. The van der Waals surface area contributed by atoms with Crippen LogP contribution in [0, 0.1) is 4.77 Å². The van der Waals surface area contributed by atoms with Gasteiger partial charge in [-0.05, 0) is 29.9 Å². The van der Waals surface area contributed by atoms with Gasteiger partial charge in [0.05, 0.1) is 12.6 Å². The van der Waals surface area contributed by atoms with Crippen molar-refractivity contribution >= 4 is 35.9 Å². The summed E-state index contributed by atoms with van der Waals surface area (Å²) >= 11 is 10.6. The minimum absolute atomic E-state index is 0.0223. The van der Waals surface area contributed by atoms with Gasteiger partial charge in [-0.2, -0.15) is 5.10 Å². The monoisotopic (exact) mass is 322 g/mol. The van der Waals surface area contributed by atoms with Crippen LogP contribution in [0.5, 0.6) is 0 Å². The first-order valence-electron chi connectivity index (χ1n) is 5.93. The molecular weight excluding hydrogens is 312 g/mol. The second-order valence-corrected chi connectivity index (χ2v) is 4.98. The summed E-state index contributed by atoms with van der Waals surface area (Å²) in [6.07, 6.45) is 1.47. The number of nitrogens with one attached hydrogen (secondary N) is 3. The average molecular weight is 323 g/mol. The van der Waals surface area contributed by atoms with Crippen LogP contribution in [0.25, 0.3) is 0 Å². The lowest BCUT2D eigenvalue weighted by Gasteiger charge is -2.00. The summed E-state index contributed by atoms with van der Waals surface area (Å²) < 4.78 is 0.176. The van der Waals surface area contributed by atoms with Crippen LogP contribution in [-0.4, -0.2) is 22.1 Å². The van der Waals surface area contributed by atoms with Gasteiger partial charge in [0.15, 0.2) is 4.77 Å². The molecular formula is C13H11ClN4O2S. The number of carbonyl (C=O) groups is 1. The van der Waals surface area contributed by atoms with E-state index in [2.05, 4.69) is 20.5 Å². The second-order valence-electron chi connectivity index (χ2n) is 4.13. The van der Waals surface area contributed by atoms with Crippen molar-refractivity contribution in [2.45, 2.75) is 6.42 Å². The fourth-order valence-corrected chi connectivity index (χ4v) is 1.91. The Morgan fingerprint density at radius 3 is 2.71 bits per heavy atom. The lowest BCUT2D eigenvalue weighted by molar-refractivity contribution is -0.120. The SMILES string of the molecule is O=C(Cc1cc(=O)[nH]c(=S)[nH]1)N/N=C\c1ccc(Cl)cc1. The van der Waals surface area contributed by atoms with Gasteiger partial charge in [0, 0.05) is 16.8 Å². The van der Waals surface area contributed by atoms with Gasteiger partial charge in [0.25, 0.3) is 5.56 Å². The van der Waals surface area contributed by atoms with Crippen LogP contribution in [0.3, 0.4) is 0 Å². The zero-order valence-corrected chi connectivity index (χ0v) is 12.3. The first kappa shape index (κ1) is 15.1. The van der Waals surface area contributed by atoms with Gasteiger partial charge in [-0.3, -0.25) is 14.6 Å². The lowest BCUT2D eigenvalue weighted by Crippen LogP contribution is -2.21. The van der Waals surface area contributed by atoms with Gasteiger partial charge < -0.3 is 4.98 Å². The molecule has 0 radical (unpaired) electrons. The number of hydrogen-bond donors (Lipinski definition) is 3. The van der Waals surface area contributed by atoms with E-state index in [4.69, 9.17) is 23.8 Å². The van der Waals surface area contributed by atoms with Crippen LogP contribution < -0.4 is 11.0 Å². The van der Waals surface area contributed by atoms with Crippen LogP contribution in [0.15, 0.2) is 40.2 Å². The molecule has 0 aliphatic heterocycles. The highest BCUT2D eigenvalue weighted by atomic mass is 35.5. The van der Waals surface area contributed by atoms with E-state index in [1.54, 1.807) is 24.3 Å². The molecule has 0 saturated carbocycles. The number of benzene rings is 1. The second kappa shape index (κ2) is 6.96. The van der Waals surface area contributed by atoms with Crippen LogP contribution in [0.4, 0.5) is 0 Å². The zero-order chi connectivity index (χ0) is 15.2. The molecule has 0 bridgehead atoms. The van der Waals surface area contributed by atoms with Crippen molar-refractivity contribution in [1.82, 2.24) is 15.4 Å². The Bertz CT molecular complexity index is 751. The van der Waals surface area contributed by atoms with Gasteiger partial charge in [0.1, 0.15) is 0 Å². The Morgan fingerprint density at radius 2 is 2.05 bits per heavy atom. The van der Waals surface area contributed by atoms with E-state index in [1.165, 1.54) is 12.3 Å². The van der Waals surface area contributed by atoms with Crippen LogP contribution in [0.1, 0.15) is 11.3 Å². The summed E-state index contributed by atoms with van der Waals surface area (Å²) in [6.45, 7) is 0. The molecule has 0 spiro atoms. The number of H-pyrrole nitrogens is 2. The van der Waals surface area contributed by atoms with E-state index in [9.17, 15) is 9.59 Å². The highest BCUT2D eigenvalue weighted by molar-refractivity contribution is 7.71. The molecule has 8 heteroatoms. The van der Waals surface area contributed by atoms with Gasteiger partial charge in [-0.15, -0.1) is 0 Å². The summed E-state index contributed by atoms with van der Waals surface area (Å²) in [5.74, 6) is -0.364. The molecule has 0 aliphatic carbocycles. The van der Waals surface area contributed by atoms with E-state index < -0.39 is 0 Å². The molecule has 3 N–H and O–H groups in total. The molecule has 2 rings (SSSR count). The molecule has 2 aromatic rings. The molecule has 6 nitrogen and oxygen atoms in total. The van der Waals surface area contributed by atoms with Gasteiger partial charge in [-0.1, -0.05) is 23.7 Å². The third-order valence-electron chi connectivity index (χ3n) is 2.44. The molecule has 1 amide bonds. The van der Waals surface area contributed by atoms with Crippen molar-refractivity contribution in [2.75, 3.05) is 0 Å². The number of nitrogens with zero attached hydrogens (tertiary/aromatic N) is 1. The predicted octanol–water partition coefficient (Wildman–Crippen LogP) is 1.78. The van der Waals surface area contributed by atoms with Crippen molar-refractivity contribution in [3.63, 3.8) is 0 Å². The molecule has 108 valence electrons. The lowest BCUT2D eigenvalue weighted by atomic mass is 10.2. The smallest absolute Gasteiger partial charge is 0.251 e. The number of rotatable bonds is 4. The van der Waals surface area contributed by atoms with E-state index in [-0.39, 0.29) is 22.7 Å². The number of carbonyl (C=O) groups excluding carboxylic acids is 1. The van der Waals surface area contributed by atoms with Gasteiger partial charge in [0.2, 0.25) is 5.91 Å². The largest absolute Gasteiger partial charge is 0.335 e. The normalized spacial score (nSPS) is 10.7. The van der Waals surface area contributed by atoms with Crippen molar-refractivity contribution < 1.29 is 4.79 Å². The minimum Gasteiger partial charge on any atom is -0.335 e. The van der Waals surface area contributed by atoms with E-state index in [0.29, 0.717) is 10.7 Å². The highest BCUT2D eigenvalue weighted by Gasteiger charge is 2.03. The molecule has 0 atom stereocenters. The number of amides is 1. The number of hydrogen-bond acceptors (Lipinski definition) is 4. The quantitative estimate of drug-likeness (QED) is 0.455. The first-order chi connectivity index (χ1) is 10.0. The molecule has 1 aromatic carbocycles. The third kappa shape index (κ3) is 4.97. The Kier molecular flexibility index (Phi) is 5.02. The van der Waals surface area contributed by atoms with Crippen molar-refractivity contribution in [1.29, 1.82) is 0 Å². The van der Waals surface area contributed by atoms with Crippen molar-refractivity contribution in [3.05, 3.63) is 61.7 Å². The zero-order valence-electron chi connectivity index (χ0n) is 10.7. The number of aromatic nitrogens is 2. The summed E-state index contributed by atoms with van der Waals surface area (Å²) in [5, 5.41) is 4.44. The molecule has 0 saturated heterocycles. The maximum Gasteiger partial charge on any atom is 0.251 e.